The van der Waals surface area contributed by atoms with E-state index in [2.05, 4.69) is 0 Å². The third-order valence-corrected chi connectivity index (χ3v) is 5.97. The number of hydrogen-bond donors (Lipinski definition) is 0. The standard InChI is InChI=1S/C22H27NO2/c24-21(13-10-16-6-3-1-2-4-7-16)19-8-5-9-20-18(19)14-15-23(22(20)25)17-11-12-17/h5,8-9,14-17H,1-4,6-7,10-13H2. The first-order chi connectivity index (χ1) is 12.2. The van der Waals surface area contributed by atoms with E-state index in [-0.39, 0.29) is 11.3 Å². The minimum Gasteiger partial charge on any atom is -0.312 e. The molecule has 1 aromatic heterocycles. The maximum atomic E-state index is 12.8. The summed E-state index contributed by atoms with van der Waals surface area (Å²) in [5.41, 5.74) is 0.782. The van der Waals surface area contributed by atoms with E-state index in [0.717, 1.165) is 30.2 Å². The van der Waals surface area contributed by atoms with Crippen LogP contribution in [0.25, 0.3) is 10.8 Å². The molecule has 132 valence electrons. The molecule has 0 bridgehead atoms. The number of pyridine rings is 1. The molecule has 4 rings (SSSR count). The fraction of sp³-hybridized carbons (Fsp3) is 0.545. The number of rotatable bonds is 5. The maximum absolute atomic E-state index is 12.8. The summed E-state index contributed by atoms with van der Waals surface area (Å²) >= 11 is 0. The van der Waals surface area contributed by atoms with Crippen LogP contribution >= 0.6 is 0 Å². The minimum atomic E-state index is 0.0541. The minimum absolute atomic E-state index is 0.0541. The number of hydrogen-bond acceptors (Lipinski definition) is 2. The maximum Gasteiger partial charge on any atom is 0.258 e. The highest BCUT2D eigenvalue weighted by molar-refractivity contribution is 6.07. The molecule has 0 unspecified atom stereocenters. The van der Waals surface area contributed by atoms with Crippen LogP contribution in [0, 0.1) is 5.92 Å². The van der Waals surface area contributed by atoms with Gasteiger partial charge >= 0.3 is 0 Å². The van der Waals surface area contributed by atoms with E-state index in [1.54, 1.807) is 0 Å². The van der Waals surface area contributed by atoms with Crippen molar-refractivity contribution < 1.29 is 4.79 Å². The van der Waals surface area contributed by atoms with Gasteiger partial charge in [0.25, 0.3) is 5.56 Å². The first-order valence-electron chi connectivity index (χ1n) is 9.91. The van der Waals surface area contributed by atoms with Gasteiger partial charge in [0, 0.05) is 29.6 Å². The van der Waals surface area contributed by atoms with Crippen LogP contribution in [0.1, 0.15) is 80.6 Å². The Hall–Kier alpha value is -1.90. The highest BCUT2D eigenvalue weighted by Gasteiger charge is 2.25. The van der Waals surface area contributed by atoms with Crippen molar-refractivity contribution >= 4 is 16.6 Å². The van der Waals surface area contributed by atoms with Crippen molar-refractivity contribution in [3.63, 3.8) is 0 Å². The predicted octanol–water partition coefficient (Wildman–Crippen LogP) is 5.27. The summed E-state index contributed by atoms with van der Waals surface area (Å²) < 4.78 is 1.84. The molecule has 1 aromatic carbocycles. The Morgan fingerprint density at radius 2 is 1.72 bits per heavy atom. The monoisotopic (exact) mass is 337 g/mol. The summed E-state index contributed by atoms with van der Waals surface area (Å²) in [4.78, 5) is 25.5. The smallest absolute Gasteiger partial charge is 0.258 e. The molecule has 2 fully saturated rings. The third-order valence-electron chi connectivity index (χ3n) is 5.97. The zero-order valence-electron chi connectivity index (χ0n) is 14.9. The van der Waals surface area contributed by atoms with Crippen LogP contribution in [-0.2, 0) is 0 Å². The highest BCUT2D eigenvalue weighted by Crippen LogP contribution is 2.34. The second-order valence-corrected chi connectivity index (χ2v) is 7.85. The van der Waals surface area contributed by atoms with Crippen molar-refractivity contribution in [3.05, 3.63) is 46.4 Å². The molecule has 1 heterocycles. The topological polar surface area (TPSA) is 39.1 Å². The molecule has 2 aliphatic rings. The fourth-order valence-electron chi connectivity index (χ4n) is 4.30. The van der Waals surface area contributed by atoms with E-state index in [1.807, 2.05) is 35.0 Å². The van der Waals surface area contributed by atoms with Gasteiger partial charge in [-0.15, -0.1) is 0 Å². The van der Waals surface area contributed by atoms with Crippen LogP contribution in [0.15, 0.2) is 35.3 Å². The molecule has 2 saturated carbocycles. The first kappa shape index (κ1) is 16.6. The van der Waals surface area contributed by atoms with Gasteiger partial charge in [-0.05, 0) is 42.7 Å². The Labute approximate surface area is 149 Å². The third kappa shape index (κ3) is 3.56. The van der Waals surface area contributed by atoms with E-state index in [9.17, 15) is 9.59 Å². The molecule has 3 heteroatoms. The van der Waals surface area contributed by atoms with Gasteiger partial charge in [0.15, 0.2) is 5.78 Å². The van der Waals surface area contributed by atoms with Gasteiger partial charge < -0.3 is 4.57 Å². The molecule has 3 nitrogen and oxygen atoms in total. The number of nitrogens with zero attached hydrogens (tertiary/aromatic N) is 1. The Morgan fingerprint density at radius 3 is 2.44 bits per heavy atom. The van der Waals surface area contributed by atoms with Crippen molar-refractivity contribution in [2.45, 2.75) is 70.3 Å². The Balaban J connectivity index is 1.54. The van der Waals surface area contributed by atoms with Crippen molar-refractivity contribution in [1.82, 2.24) is 4.57 Å². The molecule has 25 heavy (non-hydrogen) atoms. The highest BCUT2D eigenvalue weighted by atomic mass is 16.1. The Kier molecular flexibility index (Phi) is 4.74. The van der Waals surface area contributed by atoms with Gasteiger partial charge in [-0.3, -0.25) is 9.59 Å². The Bertz CT molecular complexity index is 824. The average Bonchev–Trinajstić information content (AvgIpc) is 3.47. The second kappa shape index (κ2) is 7.15. The average molecular weight is 337 g/mol. The number of Topliss-reactive ketones (excluding diaryl/α,β-unsaturated/α-hetero) is 1. The molecule has 0 N–H and O–H groups in total. The number of carbonyl (C=O) groups excluding carboxylic acids is 1. The van der Waals surface area contributed by atoms with Gasteiger partial charge in [-0.1, -0.05) is 50.7 Å². The zero-order valence-corrected chi connectivity index (χ0v) is 14.9. The lowest BCUT2D eigenvalue weighted by Gasteiger charge is -2.14. The van der Waals surface area contributed by atoms with Crippen molar-refractivity contribution in [1.29, 1.82) is 0 Å². The first-order valence-corrected chi connectivity index (χ1v) is 9.91. The van der Waals surface area contributed by atoms with E-state index in [1.165, 1.54) is 38.5 Å². The lowest BCUT2D eigenvalue weighted by atomic mass is 9.91. The molecular weight excluding hydrogens is 310 g/mol. The molecule has 2 aromatic rings. The lowest BCUT2D eigenvalue weighted by molar-refractivity contribution is 0.0974. The molecule has 0 saturated heterocycles. The van der Waals surface area contributed by atoms with Crippen LogP contribution in [0.3, 0.4) is 0 Å². The normalized spacial score (nSPS) is 19.0. The van der Waals surface area contributed by atoms with Gasteiger partial charge in [-0.2, -0.15) is 0 Å². The molecule has 0 aliphatic heterocycles. The predicted molar refractivity (Wildman–Crippen MR) is 101 cm³/mol. The molecule has 0 spiro atoms. The van der Waals surface area contributed by atoms with E-state index in [0.29, 0.717) is 23.8 Å². The van der Waals surface area contributed by atoms with Gasteiger partial charge in [0.2, 0.25) is 0 Å². The van der Waals surface area contributed by atoms with Crippen LogP contribution in [0.5, 0.6) is 0 Å². The molecule has 0 amide bonds. The summed E-state index contributed by atoms with van der Waals surface area (Å²) in [7, 11) is 0. The molecule has 2 aliphatic carbocycles. The van der Waals surface area contributed by atoms with Crippen LogP contribution in [0.2, 0.25) is 0 Å². The van der Waals surface area contributed by atoms with Crippen LogP contribution in [0.4, 0.5) is 0 Å². The van der Waals surface area contributed by atoms with Crippen molar-refractivity contribution in [2.24, 2.45) is 5.92 Å². The number of ketones is 1. The van der Waals surface area contributed by atoms with Crippen LogP contribution in [-0.4, -0.2) is 10.4 Å². The summed E-state index contributed by atoms with van der Waals surface area (Å²) in [5, 5.41) is 1.52. The quantitative estimate of drug-likeness (QED) is 0.551. The number of fused-ring (bicyclic) bond motifs is 1. The second-order valence-electron chi connectivity index (χ2n) is 7.85. The summed E-state index contributed by atoms with van der Waals surface area (Å²) in [6, 6.07) is 7.94. The number of aromatic nitrogens is 1. The Morgan fingerprint density at radius 1 is 0.960 bits per heavy atom. The number of benzene rings is 1. The number of carbonyl (C=O) groups is 1. The largest absolute Gasteiger partial charge is 0.312 e. The van der Waals surface area contributed by atoms with Crippen molar-refractivity contribution in [2.75, 3.05) is 0 Å². The van der Waals surface area contributed by atoms with Crippen LogP contribution < -0.4 is 5.56 Å². The van der Waals surface area contributed by atoms with Crippen molar-refractivity contribution in [3.8, 4) is 0 Å². The lowest BCUT2D eigenvalue weighted by Crippen LogP contribution is -2.19. The molecule has 0 radical (unpaired) electrons. The van der Waals surface area contributed by atoms with E-state index in [4.69, 9.17) is 0 Å². The van der Waals surface area contributed by atoms with E-state index >= 15 is 0 Å². The summed E-state index contributed by atoms with van der Waals surface area (Å²) in [5.74, 6) is 0.895. The SMILES string of the molecule is O=C(CCC1CCCCCC1)c1cccc2c(=O)n(C3CC3)ccc12. The summed E-state index contributed by atoms with van der Waals surface area (Å²) in [6.07, 6.45) is 13.5. The van der Waals surface area contributed by atoms with E-state index < -0.39 is 0 Å². The van der Waals surface area contributed by atoms with Gasteiger partial charge in [0.1, 0.15) is 0 Å². The molecule has 0 atom stereocenters. The summed E-state index contributed by atoms with van der Waals surface area (Å²) in [6.45, 7) is 0. The fourth-order valence-corrected chi connectivity index (χ4v) is 4.30. The zero-order chi connectivity index (χ0) is 17.2. The van der Waals surface area contributed by atoms with Gasteiger partial charge in [-0.25, -0.2) is 0 Å². The molecular formula is C22H27NO2. The van der Waals surface area contributed by atoms with Gasteiger partial charge in [0.05, 0.1) is 0 Å².